The maximum absolute atomic E-state index is 16.2. The zero-order chi connectivity index (χ0) is 38.2. The second-order valence-electron chi connectivity index (χ2n) is 12.5. The van der Waals surface area contributed by atoms with Gasteiger partial charge in [0.15, 0.2) is 28.8 Å². The molecule has 3 aromatic rings. The quantitative estimate of drug-likeness (QED) is 0.0991. The Morgan fingerprint density at radius 3 is 2.00 bits per heavy atom. The van der Waals surface area contributed by atoms with Gasteiger partial charge in [-0.25, -0.2) is 17.6 Å². The molecule has 0 aromatic heterocycles. The molecular weight excluding hydrogens is 682 g/mol. The number of amides is 1. The fraction of sp³-hybridized carbons (Fsp3) is 0.293. The van der Waals surface area contributed by atoms with Crippen LogP contribution in [-0.2, 0) is 4.79 Å². The second kappa shape index (κ2) is 16.9. The molecule has 0 radical (unpaired) electrons. The Labute approximate surface area is 306 Å². The molecule has 3 aromatic carbocycles. The van der Waals surface area contributed by atoms with Crippen molar-refractivity contribution in [3.63, 3.8) is 0 Å². The first-order valence-electron chi connectivity index (χ1n) is 17.5. The third-order valence-electron chi connectivity index (χ3n) is 9.24. The molecule has 0 saturated carbocycles. The Morgan fingerprint density at radius 2 is 1.47 bits per heavy atom. The smallest absolute Gasteiger partial charge is 0.259 e. The van der Waals surface area contributed by atoms with E-state index in [-0.39, 0.29) is 48.5 Å². The van der Waals surface area contributed by atoms with Crippen LogP contribution in [0.2, 0.25) is 0 Å². The molecule has 1 atom stereocenters. The molecule has 0 spiro atoms. The maximum atomic E-state index is 16.2. The van der Waals surface area contributed by atoms with Gasteiger partial charge >= 0.3 is 0 Å². The summed E-state index contributed by atoms with van der Waals surface area (Å²) in [5.74, 6) is -6.36. The van der Waals surface area contributed by atoms with Crippen molar-refractivity contribution in [3.05, 3.63) is 123 Å². The van der Waals surface area contributed by atoms with Crippen molar-refractivity contribution >= 4 is 29.1 Å². The number of rotatable bonds is 13. The number of hydrogen-bond acceptors (Lipinski definition) is 7. The Hall–Kier alpha value is -6.19. The lowest BCUT2D eigenvalue weighted by molar-refractivity contribution is -0.123. The topological polar surface area (TPSA) is 111 Å². The number of carbonyl (C=O) groups is 1. The average Bonchev–Trinajstić information content (AvgIpc) is 3.73. The van der Waals surface area contributed by atoms with Crippen LogP contribution in [0, 0.1) is 57.3 Å². The van der Waals surface area contributed by atoms with Gasteiger partial charge in [0.05, 0.1) is 39.8 Å². The molecule has 2 heterocycles. The number of allylic oxidation sites excluding steroid dienone is 2. The van der Waals surface area contributed by atoms with Gasteiger partial charge in [-0.3, -0.25) is 9.80 Å². The van der Waals surface area contributed by atoms with E-state index in [0.29, 0.717) is 35.4 Å². The van der Waals surface area contributed by atoms with Gasteiger partial charge in [0, 0.05) is 26.1 Å². The van der Waals surface area contributed by atoms with Crippen LogP contribution in [0.1, 0.15) is 75.6 Å². The van der Waals surface area contributed by atoms with E-state index in [2.05, 4.69) is 5.10 Å². The van der Waals surface area contributed by atoms with Gasteiger partial charge < -0.3 is 9.80 Å². The van der Waals surface area contributed by atoms with E-state index in [1.807, 2.05) is 26.0 Å². The molecule has 12 heteroatoms. The molecule has 0 bridgehead atoms. The van der Waals surface area contributed by atoms with E-state index in [4.69, 9.17) is 0 Å². The molecule has 5 rings (SSSR count). The predicted molar refractivity (Wildman–Crippen MR) is 195 cm³/mol. The standard InChI is InChI=1S/C41H37F4N7O/c1-4-7-20-50(21-8-5-2)40-37(44)35(42)34(36(43)38(40)45)33-22-32(27-12-10-9-11-13-27)49-52(33)29-17-14-26(15-18-29)16-19-30-31(25-48)39(28(23-46)24-47)51(6-3)41(30)53/h9-19,33H,4-8,20-22H2,1-3H3/b19-16+. The lowest BCUT2D eigenvalue weighted by Crippen LogP contribution is -2.30. The third kappa shape index (κ3) is 7.43. The Bertz CT molecular complexity index is 2080. The van der Waals surface area contributed by atoms with Gasteiger partial charge in [-0.2, -0.15) is 20.9 Å². The summed E-state index contributed by atoms with van der Waals surface area (Å²) in [5.41, 5.74) is 0.131. The minimum absolute atomic E-state index is 0.00883. The summed E-state index contributed by atoms with van der Waals surface area (Å²) in [6.07, 6.45) is 5.60. The van der Waals surface area contributed by atoms with E-state index in [9.17, 15) is 20.6 Å². The Balaban J connectivity index is 1.54. The first kappa shape index (κ1) is 38.1. The SMILES string of the molecule is CCCCN(CCCC)c1c(F)c(F)c(C2CC(c3ccccc3)=NN2c2ccc(/C=C/C3=C(C#N)C(=C(C#N)C#N)N(CC)C3=O)cc2)c(F)c1F. The number of hydrazone groups is 1. The second-order valence-corrected chi connectivity index (χ2v) is 12.5. The van der Waals surface area contributed by atoms with Gasteiger partial charge in [0.25, 0.3) is 5.91 Å². The third-order valence-corrected chi connectivity index (χ3v) is 9.24. The molecule has 2 aliphatic rings. The van der Waals surface area contributed by atoms with Gasteiger partial charge in [0.1, 0.15) is 23.9 Å². The summed E-state index contributed by atoms with van der Waals surface area (Å²) in [6.45, 7) is 6.14. The minimum atomic E-state index is -1.47. The summed E-state index contributed by atoms with van der Waals surface area (Å²) in [5, 5.41) is 34.7. The van der Waals surface area contributed by atoms with E-state index in [1.165, 1.54) is 20.9 Å². The van der Waals surface area contributed by atoms with E-state index in [1.54, 1.807) is 73.7 Å². The number of hydrogen-bond donors (Lipinski definition) is 0. The van der Waals surface area contributed by atoms with Crippen molar-refractivity contribution in [1.82, 2.24) is 4.90 Å². The Kier molecular flexibility index (Phi) is 12.1. The molecular formula is C41H37F4N7O. The van der Waals surface area contributed by atoms with Crippen molar-refractivity contribution in [2.45, 2.75) is 58.9 Å². The van der Waals surface area contributed by atoms with Crippen molar-refractivity contribution < 1.29 is 22.4 Å². The summed E-state index contributed by atoms with van der Waals surface area (Å²) >= 11 is 0. The highest BCUT2D eigenvalue weighted by Crippen LogP contribution is 2.42. The number of nitrogens with zero attached hydrogens (tertiary/aromatic N) is 7. The van der Waals surface area contributed by atoms with Crippen LogP contribution in [-0.4, -0.2) is 36.2 Å². The van der Waals surface area contributed by atoms with Crippen LogP contribution in [0.5, 0.6) is 0 Å². The number of nitriles is 3. The summed E-state index contributed by atoms with van der Waals surface area (Å²) in [6, 6.07) is 19.7. The lowest BCUT2D eigenvalue weighted by atomic mass is 9.96. The summed E-state index contributed by atoms with van der Waals surface area (Å²) in [7, 11) is 0. The highest BCUT2D eigenvalue weighted by atomic mass is 19.2. The number of anilines is 2. The summed E-state index contributed by atoms with van der Waals surface area (Å²) in [4.78, 5) is 15.7. The number of benzene rings is 3. The van der Waals surface area contributed by atoms with Crippen LogP contribution in [0.15, 0.2) is 88.2 Å². The van der Waals surface area contributed by atoms with Crippen LogP contribution in [0.25, 0.3) is 6.08 Å². The average molecular weight is 720 g/mol. The van der Waals surface area contributed by atoms with Crippen molar-refractivity contribution in [1.29, 1.82) is 15.8 Å². The van der Waals surface area contributed by atoms with E-state index >= 15 is 17.6 Å². The van der Waals surface area contributed by atoms with Gasteiger partial charge in [0.2, 0.25) is 0 Å². The lowest BCUT2D eigenvalue weighted by Gasteiger charge is -2.29. The maximum Gasteiger partial charge on any atom is 0.259 e. The van der Waals surface area contributed by atoms with Crippen LogP contribution in [0.4, 0.5) is 28.9 Å². The molecule has 0 aliphatic carbocycles. The molecule has 0 N–H and O–H groups in total. The molecule has 1 amide bonds. The van der Waals surface area contributed by atoms with Crippen LogP contribution >= 0.6 is 0 Å². The predicted octanol–water partition coefficient (Wildman–Crippen LogP) is 9.00. The number of likely N-dealkylation sites (N-methyl/N-ethyl adjacent to an activating group) is 1. The van der Waals surface area contributed by atoms with E-state index < -0.39 is 46.5 Å². The first-order valence-corrected chi connectivity index (χ1v) is 17.5. The molecule has 1 unspecified atom stereocenters. The molecule has 53 heavy (non-hydrogen) atoms. The molecule has 270 valence electrons. The minimum Gasteiger partial charge on any atom is -0.367 e. The Morgan fingerprint density at radius 1 is 0.868 bits per heavy atom. The zero-order valence-electron chi connectivity index (χ0n) is 29.6. The van der Waals surface area contributed by atoms with Gasteiger partial charge in [-0.1, -0.05) is 75.2 Å². The van der Waals surface area contributed by atoms with Gasteiger partial charge in [-0.05, 0) is 49.1 Å². The normalized spacial score (nSPS) is 15.5. The van der Waals surface area contributed by atoms with Crippen molar-refractivity contribution in [2.24, 2.45) is 5.10 Å². The fourth-order valence-corrected chi connectivity index (χ4v) is 6.51. The largest absolute Gasteiger partial charge is 0.367 e. The van der Waals surface area contributed by atoms with Crippen molar-refractivity contribution in [2.75, 3.05) is 29.5 Å². The number of halogens is 4. The molecule has 2 aliphatic heterocycles. The highest BCUT2D eigenvalue weighted by Gasteiger charge is 2.39. The zero-order valence-corrected chi connectivity index (χ0v) is 29.6. The molecule has 0 saturated heterocycles. The summed E-state index contributed by atoms with van der Waals surface area (Å²) < 4.78 is 64.2. The van der Waals surface area contributed by atoms with Crippen molar-refractivity contribution in [3.8, 4) is 18.2 Å². The number of unbranched alkanes of at least 4 members (excludes halogenated alkanes) is 2. The number of carbonyl (C=O) groups excluding carboxylic acids is 1. The monoisotopic (exact) mass is 719 g/mol. The highest BCUT2D eigenvalue weighted by molar-refractivity contribution is 6.05. The van der Waals surface area contributed by atoms with E-state index in [0.717, 1.165) is 12.8 Å². The van der Waals surface area contributed by atoms with Gasteiger partial charge in [-0.15, -0.1) is 0 Å². The van der Waals surface area contributed by atoms with Crippen LogP contribution < -0.4 is 9.91 Å². The molecule has 0 fully saturated rings. The molecule has 8 nitrogen and oxygen atoms in total. The van der Waals surface area contributed by atoms with Crippen LogP contribution in [0.3, 0.4) is 0 Å². The first-order chi connectivity index (χ1) is 25.6. The fourth-order valence-electron chi connectivity index (χ4n) is 6.51.